The lowest BCUT2D eigenvalue weighted by Crippen LogP contribution is -2.64. The van der Waals surface area contributed by atoms with Gasteiger partial charge in [-0.2, -0.15) is 0 Å². The standard InChI is InChI=1S/C47H64N3O12/c1-32(52)49-42-44(56)43(55)39(30-51)62-45(42)60-29-9-10-40(53)48-26-8-6-7-11-41(54)50-27-24-46(2,25-28-50)31-61-47(33-12-18-36(57-3)19-13-33,34-14-20-37(58-4)21-15-34)35-16-22-38(59-5)23-17-35/h12-23,39,42-45,51,55-56H,2,6-11,24-31H2,1,3-5H3,(H,48,53)(H,49,52)/t39-,42-,43+,44-,45-/m1/s1. The van der Waals surface area contributed by atoms with Crippen LogP contribution < -0.4 is 24.8 Å². The number of hydrogen-bond donors (Lipinski definition) is 5. The number of methoxy groups -OCH3 is 3. The van der Waals surface area contributed by atoms with Crippen molar-refractivity contribution in [1.29, 1.82) is 0 Å². The number of aliphatic hydroxyl groups is 3. The van der Waals surface area contributed by atoms with Gasteiger partial charge in [0.25, 0.3) is 0 Å². The third kappa shape index (κ3) is 12.4. The third-order valence-corrected chi connectivity index (χ3v) is 11.7. The van der Waals surface area contributed by atoms with Gasteiger partial charge in [0.2, 0.25) is 17.7 Å². The van der Waals surface area contributed by atoms with Crippen LogP contribution in [0.25, 0.3) is 0 Å². The van der Waals surface area contributed by atoms with E-state index in [1.807, 2.05) is 77.7 Å². The molecule has 0 aliphatic carbocycles. The number of hydrogen-bond acceptors (Lipinski definition) is 12. The zero-order chi connectivity index (χ0) is 44.7. The SMILES string of the molecule is [CH2]C1(COC(c2ccc(OC)cc2)(c2ccc(OC)cc2)c2ccc(OC)cc2)CCN(C(=O)CCCCCNC(=O)CCCO[C@@H]2O[C@H](CO)[C@H](O)[C@H](O)[C@H]2NC(C)=O)CC1. The lowest BCUT2D eigenvalue weighted by molar-refractivity contribution is -0.270. The molecule has 1 radical (unpaired) electrons. The summed E-state index contributed by atoms with van der Waals surface area (Å²) < 4.78 is 34.9. The van der Waals surface area contributed by atoms with Crippen molar-refractivity contribution >= 4 is 17.7 Å². The molecule has 2 aliphatic rings. The van der Waals surface area contributed by atoms with Crippen LogP contribution in [0, 0.1) is 12.3 Å². The van der Waals surface area contributed by atoms with E-state index >= 15 is 0 Å². The highest BCUT2D eigenvalue weighted by Crippen LogP contribution is 2.44. The second-order valence-corrected chi connectivity index (χ2v) is 16.1. The van der Waals surface area contributed by atoms with Crippen molar-refractivity contribution in [1.82, 2.24) is 15.5 Å². The van der Waals surface area contributed by atoms with Crippen molar-refractivity contribution in [2.45, 2.75) is 94.5 Å². The number of carbonyl (C=O) groups is 3. The van der Waals surface area contributed by atoms with E-state index in [0.29, 0.717) is 58.3 Å². The predicted molar refractivity (Wildman–Crippen MR) is 230 cm³/mol. The second kappa shape index (κ2) is 23.1. The highest BCUT2D eigenvalue weighted by atomic mass is 16.7. The molecule has 15 nitrogen and oxygen atoms in total. The molecule has 2 aliphatic heterocycles. The van der Waals surface area contributed by atoms with Crippen LogP contribution in [0.3, 0.4) is 0 Å². The number of benzene rings is 3. The van der Waals surface area contributed by atoms with Gasteiger partial charge in [0, 0.05) is 39.4 Å². The Hall–Kier alpha value is -4.77. The Bertz CT molecular complexity index is 1740. The van der Waals surface area contributed by atoms with Gasteiger partial charge < -0.3 is 59.3 Å². The van der Waals surface area contributed by atoms with Gasteiger partial charge in [-0.15, -0.1) is 0 Å². The smallest absolute Gasteiger partial charge is 0.222 e. The minimum absolute atomic E-state index is 0.0911. The van der Waals surface area contributed by atoms with E-state index in [1.165, 1.54) is 6.92 Å². The van der Waals surface area contributed by atoms with Crippen molar-refractivity contribution in [3.05, 3.63) is 96.4 Å². The monoisotopic (exact) mass is 862 g/mol. The van der Waals surface area contributed by atoms with Gasteiger partial charge >= 0.3 is 0 Å². The van der Waals surface area contributed by atoms with Crippen LogP contribution in [0.2, 0.25) is 0 Å². The van der Waals surface area contributed by atoms with Gasteiger partial charge in [-0.1, -0.05) is 42.8 Å². The van der Waals surface area contributed by atoms with Gasteiger partial charge in [-0.3, -0.25) is 14.4 Å². The molecule has 339 valence electrons. The molecular formula is C47H64N3O12. The molecule has 0 aromatic heterocycles. The maximum atomic E-state index is 13.3. The average molecular weight is 863 g/mol. The van der Waals surface area contributed by atoms with E-state index in [2.05, 4.69) is 17.6 Å². The number of likely N-dealkylation sites (tertiary alicyclic amines) is 1. The highest BCUT2D eigenvalue weighted by molar-refractivity contribution is 5.76. The van der Waals surface area contributed by atoms with E-state index in [9.17, 15) is 29.7 Å². The molecule has 2 fully saturated rings. The summed E-state index contributed by atoms with van der Waals surface area (Å²) in [6.07, 6.45) is -0.451. The first-order valence-electron chi connectivity index (χ1n) is 21.3. The molecule has 3 aromatic rings. The molecule has 2 saturated heterocycles. The van der Waals surface area contributed by atoms with Gasteiger partial charge in [0.05, 0.1) is 41.2 Å². The molecule has 3 aromatic carbocycles. The topological polar surface area (TPSA) is 195 Å². The Labute approximate surface area is 365 Å². The first kappa shape index (κ1) is 48.3. The van der Waals surface area contributed by atoms with Gasteiger partial charge in [0.1, 0.15) is 47.2 Å². The van der Waals surface area contributed by atoms with Crippen LogP contribution in [0.4, 0.5) is 0 Å². The van der Waals surface area contributed by atoms with Crippen molar-refractivity contribution in [3.8, 4) is 17.2 Å². The molecule has 3 amide bonds. The van der Waals surface area contributed by atoms with Crippen molar-refractivity contribution in [3.63, 3.8) is 0 Å². The number of piperidine rings is 1. The maximum absolute atomic E-state index is 13.3. The van der Waals surface area contributed by atoms with Gasteiger partial charge in [-0.25, -0.2) is 0 Å². The van der Waals surface area contributed by atoms with E-state index in [0.717, 1.165) is 46.8 Å². The Morgan fingerprint density at radius 3 is 1.81 bits per heavy atom. The average Bonchev–Trinajstić information content (AvgIpc) is 3.29. The molecule has 5 atom stereocenters. The van der Waals surface area contributed by atoms with E-state index in [4.69, 9.17) is 28.4 Å². The minimum atomic E-state index is -1.40. The summed E-state index contributed by atoms with van der Waals surface area (Å²) in [4.78, 5) is 39.2. The highest BCUT2D eigenvalue weighted by Gasteiger charge is 2.45. The Morgan fingerprint density at radius 1 is 0.790 bits per heavy atom. The number of unbranched alkanes of at least 4 members (excludes halogenated alkanes) is 2. The van der Waals surface area contributed by atoms with Crippen molar-refractivity contribution in [2.75, 3.05) is 60.8 Å². The Kier molecular flexibility index (Phi) is 18.0. The van der Waals surface area contributed by atoms with Crippen LogP contribution in [0.1, 0.15) is 75.0 Å². The number of aliphatic hydroxyl groups excluding tert-OH is 3. The zero-order valence-corrected chi connectivity index (χ0v) is 36.4. The number of nitrogens with zero attached hydrogens (tertiary/aromatic N) is 1. The summed E-state index contributed by atoms with van der Waals surface area (Å²) in [6.45, 7) is 7.45. The Balaban J connectivity index is 1.07. The molecule has 62 heavy (non-hydrogen) atoms. The van der Waals surface area contributed by atoms with E-state index in [1.54, 1.807) is 21.3 Å². The lowest BCUT2D eigenvalue weighted by Gasteiger charge is -2.43. The minimum Gasteiger partial charge on any atom is -0.497 e. The summed E-state index contributed by atoms with van der Waals surface area (Å²) in [5.74, 6) is 1.71. The molecule has 2 heterocycles. The number of carbonyl (C=O) groups excluding carboxylic acids is 3. The first-order valence-corrected chi connectivity index (χ1v) is 21.3. The number of rotatable bonds is 22. The van der Waals surface area contributed by atoms with Crippen LogP contribution >= 0.6 is 0 Å². The molecule has 5 rings (SSSR count). The molecule has 5 N–H and O–H groups in total. The molecule has 15 heteroatoms. The fraction of sp³-hybridized carbons (Fsp3) is 0.532. The second-order valence-electron chi connectivity index (χ2n) is 16.1. The summed E-state index contributed by atoms with van der Waals surface area (Å²) in [5, 5.41) is 35.4. The summed E-state index contributed by atoms with van der Waals surface area (Å²) in [7, 11) is 4.92. The zero-order valence-electron chi connectivity index (χ0n) is 36.4. The molecule has 0 spiro atoms. The molecule has 0 saturated carbocycles. The quantitative estimate of drug-likeness (QED) is 0.0725. The summed E-state index contributed by atoms with van der Waals surface area (Å²) in [6, 6.07) is 22.7. The fourth-order valence-electron chi connectivity index (χ4n) is 7.96. The van der Waals surface area contributed by atoms with Crippen LogP contribution in [0.5, 0.6) is 17.2 Å². The molecule has 0 bridgehead atoms. The van der Waals surface area contributed by atoms with Gasteiger partial charge in [-0.05, 0) is 97.5 Å². The normalized spacial score (nSPS) is 21.2. The number of nitrogens with one attached hydrogen (secondary N) is 2. The van der Waals surface area contributed by atoms with Crippen LogP contribution in [-0.4, -0.2) is 129 Å². The Morgan fingerprint density at radius 2 is 1.32 bits per heavy atom. The van der Waals surface area contributed by atoms with Crippen LogP contribution in [0.15, 0.2) is 72.8 Å². The summed E-state index contributed by atoms with van der Waals surface area (Å²) in [5.41, 5.74) is 1.30. The molecular weight excluding hydrogens is 799 g/mol. The largest absolute Gasteiger partial charge is 0.497 e. The van der Waals surface area contributed by atoms with Crippen LogP contribution in [-0.2, 0) is 34.2 Å². The summed E-state index contributed by atoms with van der Waals surface area (Å²) >= 11 is 0. The van der Waals surface area contributed by atoms with E-state index in [-0.39, 0.29) is 24.8 Å². The maximum Gasteiger partial charge on any atom is 0.222 e. The third-order valence-electron chi connectivity index (χ3n) is 11.7. The fourth-order valence-corrected chi connectivity index (χ4v) is 7.96. The van der Waals surface area contributed by atoms with Crippen molar-refractivity contribution in [2.24, 2.45) is 5.41 Å². The molecule has 0 unspecified atom stereocenters. The number of ether oxygens (including phenoxy) is 6. The predicted octanol–water partition coefficient (Wildman–Crippen LogP) is 3.88. The van der Waals surface area contributed by atoms with Crippen molar-refractivity contribution < 1.29 is 58.1 Å². The lowest BCUT2D eigenvalue weighted by atomic mass is 9.78. The van der Waals surface area contributed by atoms with Gasteiger partial charge in [0.15, 0.2) is 6.29 Å². The first-order chi connectivity index (χ1) is 29.9. The van der Waals surface area contributed by atoms with E-state index < -0.39 is 54.2 Å². The number of amides is 3.